The zero-order valence-electron chi connectivity index (χ0n) is 15.3. The van der Waals surface area contributed by atoms with Crippen LogP contribution in [0, 0.1) is 11.8 Å². The van der Waals surface area contributed by atoms with Crippen molar-refractivity contribution in [3.05, 3.63) is 59.6 Å². The summed E-state index contributed by atoms with van der Waals surface area (Å²) in [6.07, 6.45) is 6.97. The third-order valence-corrected chi connectivity index (χ3v) is 4.44. The monoisotopic (exact) mass is 402 g/mol. The van der Waals surface area contributed by atoms with Crippen molar-refractivity contribution in [3.63, 3.8) is 0 Å². The van der Waals surface area contributed by atoms with E-state index in [1.807, 2.05) is 24.4 Å². The highest BCUT2D eigenvalue weighted by Crippen LogP contribution is 2.24. The predicted molar refractivity (Wildman–Crippen MR) is 107 cm³/mol. The first-order valence-electron chi connectivity index (χ1n) is 8.65. The lowest BCUT2D eigenvalue weighted by Crippen LogP contribution is -2.18. The molecule has 1 N–H and O–H groups in total. The van der Waals surface area contributed by atoms with Crippen LogP contribution in [0.25, 0.3) is 17.3 Å². The molecule has 0 aliphatic heterocycles. The summed E-state index contributed by atoms with van der Waals surface area (Å²) >= 11 is 1.30. The van der Waals surface area contributed by atoms with Gasteiger partial charge in [0, 0.05) is 36.0 Å². The van der Waals surface area contributed by atoms with E-state index in [-0.39, 0.29) is 11.6 Å². The number of amides is 1. The summed E-state index contributed by atoms with van der Waals surface area (Å²) in [5.74, 6) is 5.87. The van der Waals surface area contributed by atoms with E-state index in [0.29, 0.717) is 16.5 Å². The summed E-state index contributed by atoms with van der Waals surface area (Å²) in [5, 5.41) is 12.7. The molecule has 0 spiro atoms. The van der Waals surface area contributed by atoms with Gasteiger partial charge in [-0.2, -0.15) is 4.68 Å². The molecule has 0 bridgehead atoms. The van der Waals surface area contributed by atoms with Crippen LogP contribution in [0.2, 0.25) is 0 Å². The third kappa shape index (κ3) is 4.15. The minimum atomic E-state index is -0.415. The Morgan fingerprint density at radius 1 is 1.17 bits per heavy atom. The van der Waals surface area contributed by atoms with E-state index in [1.54, 1.807) is 24.7 Å². The Kier molecular flexibility index (Phi) is 5.31. The Balaban J connectivity index is 1.50. The lowest BCUT2D eigenvalue weighted by Gasteiger charge is -2.03. The Morgan fingerprint density at radius 3 is 2.79 bits per heavy atom. The van der Waals surface area contributed by atoms with Gasteiger partial charge in [-0.25, -0.2) is 15.0 Å². The van der Waals surface area contributed by atoms with Crippen molar-refractivity contribution in [2.24, 2.45) is 0 Å². The van der Waals surface area contributed by atoms with Crippen molar-refractivity contribution in [1.82, 2.24) is 34.9 Å². The molecule has 0 fully saturated rings. The number of hydrogen-bond acceptors (Lipinski definition) is 8. The van der Waals surface area contributed by atoms with Crippen LogP contribution in [-0.4, -0.2) is 40.8 Å². The molecule has 0 aromatic carbocycles. The van der Waals surface area contributed by atoms with Crippen molar-refractivity contribution < 1.29 is 4.79 Å². The highest BCUT2D eigenvalue weighted by molar-refractivity contribution is 7.14. The predicted octanol–water partition coefficient (Wildman–Crippen LogP) is 2.59. The zero-order valence-corrected chi connectivity index (χ0v) is 16.1. The van der Waals surface area contributed by atoms with Gasteiger partial charge in [0.2, 0.25) is 0 Å². The van der Waals surface area contributed by atoms with Gasteiger partial charge in [-0.05, 0) is 18.2 Å². The number of pyridine rings is 1. The summed E-state index contributed by atoms with van der Waals surface area (Å²) in [5.41, 5.74) is 2.42. The van der Waals surface area contributed by atoms with Crippen LogP contribution >= 0.6 is 11.3 Å². The molecule has 1 amide bonds. The molecule has 29 heavy (non-hydrogen) atoms. The summed E-state index contributed by atoms with van der Waals surface area (Å²) in [6.45, 7) is 2.00. The number of hydrogen-bond donors (Lipinski definition) is 1. The number of rotatable bonds is 4. The van der Waals surface area contributed by atoms with Gasteiger partial charge in [0.25, 0.3) is 11.9 Å². The summed E-state index contributed by atoms with van der Waals surface area (Å²) in [6, 6.07) is 5.42. The SMILES string of the molecule is CCC#Cc1ccc(-c2csc(NC(=O)c3cnnn3-c3ncccn3)n2)nc1. The van der Waals surface area contributed by atoms with Gasteiger partial charge in [0.05, 0.1) is 11.9 Å². The average molecular weight is 402 g/mol. The normalized spacial score (nSPS) is 10.2. The molecule has 0 saturated carbocycles. The molecule has 4 rings (SSSR count). The molecular weight excluding hydrogens is 388 g/mol. The number of thiazole rings is 1. The number of carbonyl (C=O) groups excluding carboxylic acids is 1. The highest BCUT2D eigenvalue weighted by Gasteiger charge is 2.18. The molecule has 142 valence electrons. The first-order chi connectivity index (χ1) is 14.2. The van der Waals surface area contributed by atoms with Gasteiger partial charge in [-0.1, -0.05) is 24.0 Å². The molecule has 0 saturated heterocycles. The number of nitrogens with zero attached hydrogens (tertiary/aromatic N) is 7. The molecule has 4 aromatic rings. The molecule has 4 heterocycles. The smallest absolute Gasteiger partial charge is 0.277 e. The van der Waals surface area contributed by atoms with Crippen molar-refractivity contribution in [2.75, 3.05) is 5.32 Å². The van der Waals surface area contributed by atoms with E-state index in [0.717, 1.165) is 12.0 Å². The van der Waals surface area contributed by atoms with Crippen molar-refractivity contribution in [2.45, 2.75) is 13.3 Å². The molecule has 0 radical (unpaired) electrons. The largest absolute Gasteiger partial charge is 0.296 e. The van der Waals surface area contributed by atoms with E-state index in [9.17, 15) is 4.79 Å². The molecule has 0 aliphatic rings. The van der Waals surface area contributed by atoms with Crippen molar-refractivity contribution in [1.29, 1.82) is 0 Å². The van der Waals surface area contributed by atoms with Crippen LogP contribution in [0.15, 0.2) is 48.4 Å². The van der Waals surface area contributed by atoms with Crippen molar-refractivity contribution in [3.8, 4) is 29.2 Å². The fourth-order valence-electron chi connectivity index (χ4n) is 2.36. The van der Waals surface area contributed by atoms with E-state index in [4.69, 9.17) is 0 Å². The van der Waals surface area contributed by atoms with Gasteiger partial charge in [0.15, 0.2) is 10.8 Å². The van der Waals surface area contributed by atoms with E-state index >= 15 is 0 Å². The van der Waals surface area contributed by atoms with Crippen LogP contribution in [0.1, 0.15) is 29.4 Å². The summed E-state index contributed by atoms with van der Waals surface area (Å²) in [7, 11) is 0. The van der Waals surface area contributed by atoms with Crippen molar-refractivity contribution >= 4 is 22.4 Å². The van der Waals surface area contributed by atoms with E-state index < -0.39 is 5.91 Å². The maximum absolute atomic E-state index is 12.6. The molecule has 10 heteroatoms. The van der Waals surface area contributed by atoms with Gasteiger partial charge in [-0.15, -0.1) is 16.4 Å². The highest BCUT2D eigenvalue weighted by atomic mass is 32.1. The second-order valence-corrected chi connectivity index (χ2v) is 6.52. The van der Waals surface area contributed by atoms with Crippen LogP contribution in [-0.2, 0) is 0 Å². The molecule has 9 nitrogen and oxygen atoms in total. The number of carbonyl (C=O) groups is 1. The third-order valence-electron chi connectivity index (χ3n) is 3.68. The van der Waals surface area contributed by atoms with Gasteiger partial charge in [-0.3, -0.25) is 15.1 Å². The van der Waals surface area contributed by atoms with Gasteiger partial charge < -0.3 is 0 Å². The first-order valence-corrected chi connectivity index (χ1v) is 9.53. The second kappa shape index (κ2) is 8.37. The lowest BCUT2D eigenvalue weighted by atomic mass is 10.2. The minimum Gasteiger partial charge on any atom is -0.296 e. The van der Waals surface area contributed by atoms with Gasteiger partial charge in [0.1, 0.15) is 5.69 Å². The maximum atomic E-state index is 12.6. The molecule has 0 unspecified atom stereocenters. The topological polar surface area (TPSA) is 111 Å². The van der Waals surface area contributed by atoms with Crippen LogP contribution in [0.5, 0.6) is 0 Å². The molecule has 4 aromatic heterocycles. The standard InChI is InChI=1S/C19H14N8OS/c1-2-3-5-13-6-7-14(22-10-13)15-12-29-19(24-15)25-17(28)16-11-23-26-27(16)18-20-8-4-9-21-18/h4,6-12H,2H2,1H3,(H,24,25,28). The van der Waals surface area contributed by atoms with E-state index in [2.05, 4.69) is 47.4 Å². The fourth-order valence-corrected chi connectivity index (χ4v) is 3.06. The number of nitrogens with one attached hydrogen (secondary N) is 1. The zero-order chi connectivity index (χ0) is 20.1. The number of aromatic nitrogens is 7. The number of anilines is 1. The van der Waals surface area contributed by atoms with Crippen LogP contribution < -0.4 is 5.32 Å². The fraction of sp³-hybridized carbons (Fsp3) is 0.105. The molecule has 0 aliphatic carbocycles. The van der Waals surface area contributed by atoms with Crippen LogP contribution in [0.3, 0.4) is 0 Å². The average Bonchev–Trinajstić information content (AvgIpc) is 3.43. The van der Waals surface area contributed by atoms with Crippen LogP contribution in [0.4, 0.5) is 5.13 Å². The van der Waals surface area contributed by atoms with Gasteiger partial charge >= 0.3 is 0 Å². The molecular formula is C19H14N8OS. The quantitative estimate of drug-likeness (QED) is 0.522. The Morgan fingerprint density at radius 2 is 2.03 bits per heavy atom. The summed E-state index contributed by atoms with van der Waals surface area (Å²) in [4.78, 5) is 29.6. The summed E-state index contributed by atoms with van der Waals surface area (Å²) < 4.78 is 1.27. The van der Waals surface area contributed by atoms with E-state index in [1.165, 1.54) is 22.2 Å². The minimum absolute atomic E-state index is 0.199. The first kappa shape index (κ1) is 18.4. The Labute approximate surface area is 169 Å². The Bertz CT molecular complexity index is 1190. The maximum Gasteiger partial charge on any atom is 0.277 e. The lowest BCUT2D eigenvalue weighted by molar-refractivity contribution is 0.101. The second-order valence-electron chi connectivity index (χ2n) is 5.66. The molecule has 0 atom stereocenters. The Hall–Kier alpha value is -3.97.